The number of hydrogen-bond acceptors (Lipinski definition) is 2. The van der Waals surface area contributed by atoms with Gasteiger partial charge in [-0.1, -0.05) is 30.3 Å². The van der Waals surface area contributed by atoms with Crippen molar-refractivity contribution >= 4 is 0 Å². The first kappa shape index (κ1) is 11.3. The van der Waals surface area contributed by atoms with Gasteiger partial charge in [0.2, 0.25) is 0 Å². The second-order valence-electron chi connectivity index (χ2n) is 4.74. The third-order valence-corrected chi connectivity index (χ3v) is 3.65. The highest BCUT2D eigenvalue weighted by Crippen LogP contribution is 2.33. The number of nitrogens with one attached hydrogen (secondary N) is 1. The summed E-state index contributed by atoms with van der Waals surface area (Å²) in [4.78, 5) is 0. The lowest BCUT2D eigenvalue weighted by Gasteiger charge is -2.16. The second-order valence-corrected chi connectivity index (χ2v) is 4.74. The van der Waals surface area contributed by atoms with Crippen LogP contribution in [0.1, 0.15) is 28.3 Å². The number of ether oxygens (including phenoxy) is 1. The Bertz CT molecular complexity index is 577. The maximum atomic E-state index is 5.26. The van der Waals surface area contributed by atoms with Gasteiger partial charge < -0.3 is 10.1 Å². The van der Waals surface area contributed by atoms with E-state index in [4.69, 9.17) is 4.74 Å². The highest BCUT2D eigenvalue weighted by molar-refractivity contribution is 5.45. The molecule has 1 unspecified atom stereocenters. The van der Waals surface area contributed by atoms with Gasteiger partial charge in [-0.2, -0.15) is 0 Å². The van der Waals surface area contributed by atoms with Crippen LogP contribution in [0.3, 0.4) is 0 Å². The molecule has 1 N–H and O–H groups in total. The zero-order chi connectivity index (χ0) is 12.5. The highest BCUT2D eigenvalue weighted by atomic mass is 16.5. The Morgan fingerprint density at radius 1 is 1.11 bits per heavy atom. The molecule has 1 aliphatic heterocycles. The average molecular weight is 239 g/mol. The highest BCUT2D eigenvalue weighted by Gasteiger charge is 2.23. The third-order valence-electron chi connectivity index (χ3n) is 3.65. The Kier molecular flexibility index (Phi) is 2.80. The molecule has 3 rings (SSSR count). The standard InChI is InChI=1S/C16H17NO/c1-11-9-13(18-2)7-8-14(11)16-15-6-4-3-5-12(15)10-17-16/h3-9,16-17H,10H2,1-2H3. The number of fused-ring (bicyclic) bond motifs is 1. The molecule has 0 saturated heterocycles. The molecule has 0 amide bonds. The van der Waals surface area contributed by atoms with E-state index in [1.165, 1.54) is 22.3 Å². The van der Waals surface area contributed by atoms with Crippen molar-refractivity contribution in [1.29, 1.82) is 0 Å². The lowest BCUT2D eigenvalue weighted by Crippen LogP contribution is -2.14. The van der Waals surface area contributed by atoms with Gasteiger partial charge >= 0.3 is 0 Å². The van der Waals surface area contributed by atoms with Gasteiger partial charge in [-0.25, -0.2) is 0 Å². The number of methoxy groups -OCH3 is 1. The number of rotatable bonds is 2. The van der Waals surface area contributed by atoms with Gasteiger partial charge in [-0.3, -0.25) is 0 Å². The Hall–Kier alpha value is -1.80. The Morgan fingerprint density at radius 2 is 1.94 bits per heavy atom. The minimum absolute atomic E-state index is 0.312. The second kappa shape index (κ2) is 4.46. The molecular weight excluding hydrogens is 222 g/mol. The zero-order valence-electron chi connectivity index (χ0n) is 10.7. The Balaban J connectivity index is 2.02. The molecule has 1 heterocycles. The first-order valence-corrected chi connectivity index (χ1v) is 6.25. The van der Waals surface area contributed by atoms with Crippen LogP contribution in [-0.2, 0) is 6.54 Å². The predicted octanol–water partition coefficient (Wildman–Crippen LogP) is 3.20. The van der Waals surface area contributed by atoms with Crippen LogP contribution in [0.4, 0.5) is 0 Å². The largest absolute Gasteiger partial charge is 0.497 e. The SMILES string of the molecule is COc1ccc(C2NCc3ccccc32)c(C)c1. The van der Waals surface area contributed by atoms with Crippen LogP contribution in [0.15, 0.2) is 42.5 Å². The van der Waals surface area contributed by atoms with Gasteiger partial charge in [0, 0.05) is 6.54 Å². The smallest absolute Gasteiger partial charge is 0.119 e. The molecule has 0 radical (unpaired) electrons. The van der Waals surface area contributed by atoms with Crippen molar-refractivity contribution in [2.45, 2.75) is 19.5 Å². The van der Waals surface area contributed by atoms with Gasteiger partial charge in [0.1, 0.15) is 5.75 Å². The molecule has 1 aliphatic rings. The van der Waals surface area contributed by atoms with Crippen LogP contribution in [0.5, 0.6) is 5.75 Å². The number of aryl methyl sites for hydroxylation is 1. The summed E-state index contributed by atoms with van der Waals surface area (Å²) in [5.41, 5.74) is 5.40. The van der Waals surface area contributed by atoms with Crippen molar-refractivity contribution in [3.05, 3.63) is 64.7 Å². The summed E-state index contributed by atoms with van der Waals surface area (Å²) >= 11 is 0. The lowest BCUT2D eigenvalue weighted by atomic mass is 9.95. The molecule has 0 saturated carbocycles. The van der Waals surface area contributed by atoms with Crippen molar-refractivity contribution in [3.8, 4) is 5.75 Å². The maximum Gasteiger partial charge on any atom is 0.119 e. The van der Waals surface area contributed by atoms with Gasteiger partial charge in [0.25, 0.3) is 0 Å². The molecule has 2 aromatic rings. The van der Waals surface area contributed by atoms with Crippen LogP contribution in [0.2, 0.25) is 0 Å². The maximum absolute atomic E-state index is 5.26. The fourth-order valence-electron chi connectivity index (χ4n) is 2.68. The molecule has 1 atom stereocenters. The quantitative estimate of drug-likeness (QED) is 0.869. The van der Waals surface area contributed by atoms with E-state index in [1.807, 2.05) is 6.07 Å². The van der Waals surface area contributed by atoms with Gasteiger partial charge in [-0.15, -0.1) is 0 Å². The molecular formula is C16H17NO. The van der Waals surface area contributed by atoms with Crippen LogP contribution in [0, 0.1) is 6.92 Å². The Labute approximate surface area is 108 Å². The van der Waals surface area contributed by atoms with Crippen molar-refractivity contribution in [2.75, 3.05) is 7.11 Å². The molecule has 2 heteroatoms. The summed E-state index contributed by atoms with van der Waals surface area (Å²) in [6.45, 7) is 3.09. The van der Waals surface area contributed by atoms with Crippen LogP contribution < -0.4 is 10.1 Å². The monoisotopic (exact) mass is 239 g/mol. The minimum Gasteiger partial charge on any atom is -0.497 e. The summed E-state index contributed by atoms with van der Waals surface area (Å²) in [6, 6.07) is 15.2. The van der Waals surface area contributed by atoms with Gasteiger partial charge in [0.05, 0.1) is 13.2 Å². The van der Waals surface area contributed by atoms with Crippen LogP contribution in [0.25, 0.3) is 0 Å². The fourth-order valence-corrected chi connectivity index (χ4v) is 2.68. The van der Waals surface area contributed by atoms with Crippen molar-refractivity contribution in [3.63, 3.8) is 0 Å². The summed E-state index contributed by atoms with van der Waals surface area (Å²) in [5, 5.41) is 3.58. The topological polar surface area (TPSA) is 21.3 Å². The molecule has 18 heavy (non-hydrogen) atoms. The van der Waals surface area contributed by atoms with E-state index in [2.05, 4.69) is 48.6 Å². The number of hydrogen-bond donors (Lipinski definition) is 1. The summed E-state index contributed by atoms with van der Waals surface area (Å²) in [6.07, 6.45) is 0. The van der Waals surface area contributed by atoms with E-state index >= 15 is 0 Å². The molecule has 0 spiro atoms. The average Bonchev–Trinajstić information content (AvgIpc) is 2.82. The van der Waals surface area contributed by atoms with Crippen molar-refractivity contribution in [2.24, 2.45) is 0 Å². The molecule has 92 valence electrons. The normalized spacial score (nSPS) is 17.6. The van der Waals surface area contributed by atoms with Gasteiger partial charge in [-0.05, 0) is 41.3 Å². The van der Waals surface area contributed by atoms with Gasteiger partial charge in [0.15, 0.2) is 0 Å². The molecule has 2 nitrogen and oxygen atoms in total. The third kappa shape index (κ3) is 1.79. The molecule has 0 fully saturated rings. The number of benzene rings is 2. The molecule has 0 aromatic heterocycles. The van der Waals surface area contributed by atoms with E-state index in [-0.39, 0.29) is 0 Å². The first-order valence-electron chi connectivity index (χ1n) is 6.25. The summed E-state index contributed by atoms with van der Waals surface area (Å²) < 4.78 is 5.26. The van der Waals surface area contributed by atoms with E-state index in [9.17, 15) is 0 Å². The van der Waals surface area contributed by atoms with E-state index < -0.39 is 0 Å². The summed E-state index contributed by atoms with van der Waals surface area (Å²) in [5.74, 6) is 0.919. The molecule has 0 bridgehead atoms. The zero-order valence-corrected chi connectivity index (χ0v) is 10.7. The van der Waals surface area contributed by atoms with Crippen molar-refractivity contribution in [1.82, 2.24) is 5.32 Å². The fraction of sp³-hybridized carbons (Fsp3) is 0.250. The van der Waals surface area contributed by atoms with Crippen molar-refractivity contribution < 1.29 is 4.74 Å². The minimum atomic E-state index is 0.312. The van der Waals surface area contributed by atoms with E-state index in [1.54, 1.807) is 7.11 Å². The Morgan fingerprint density at radius 3 is 2.72 bits per heavy atom. The summed E-state index contributed by atoms with van der Waals surface area (Å²) in [7, 11) is 1.71. The van der Waals surface area contributed by atoms with E-state index in [0.29, 0.717) is 6.04 Å². The van der Waals surface area contributed by atoms with Crippen LogP contribution in [-0.4, -0.2) is 7.11 Å². The van der Waals surface area contributed by atoms with Crippen LogP contribution >= 0.6 is 0 Å². The lowest BCUT2D eigenvalue weighted by molar-refractivity contribution is 0.414. The molecule has 0 aliphatic carbocycles. The predicted molar refractivity (Wildman–Crippen MR) is 72.9 cm³/mol. The first-order chi connectivity index (χ1) is 8.79. The van der Waals surface area contributed by atoms with E-state index in [0.717, 1.165) is 12.3 Å². The molecule has 2 aromatic carbocycles.